The number of methoxy groups -OCH3 is 1. The highest BCUT2D eigenvalue weighted by Crippen LogP contribution is 2.16. The van der Waals surface area contributed by atoms with Crippen LogP contribution < -0.4 is 0 Å². The molecule has 0 aliphatic rings. The van der Waals surface area contributed by atoms with Crippen molar-refractivity contribution in [2.45, 2.75) is 11.8 Å². The molecule has 0 radical (unpaired) electrons. The van der Waals surface area contributed by atoms with E-state index in [0.717, 1.165) is 11.1 Å². The van der Waals surface area contributed by atoms with Gasteiger partial charge in [0.2, 0.25) is 0 Å². The quantitative estimate of drug-likeness (QED) is 0.623. The Kier molecular flexibility index (Phi) is 4.32. The smallest absolute Gasteiger partial charge is 0.309 e. The lowest BCUT2D eigenvalue weighted by Crippen LogP contribution is -2.06. The van der Waals surface area contributed by atoms with Gasteiger partial charge in [-0.1, -0.05) is 22.0 Å². The maximum atomic E-state index is 11.1. The predicted octanol–water partition coefficient (Wildman–Crippen LogP) is 2.17. The summed E-state index contributed by atoms with van der Waals surface area (Å²) in [6, 6.07) is 7.31. The van der Waals surface area contributed by atoms with Crippen LogP contribution in [0.4, 0.5) is 0 Å². The highest BCUT2D eigenvalue weighted by Gasteiger charge is 2.08. The first kappa shape index (κ1) is 11.7. The minimum Gasteiger partial charge on any atom is -0.469 e. The third-order valence-electron chi connectivity index (χ3n) is 2.04. The van der Waals surface area contributed by atoms with Crippen LogP contribution >= 0.6 is 15.9 Å². The molecule has 0 unspecified atom stereocenters. The summed E-state index contributed by atoms with van der Waals surface area (Å²) in [6.07, 6.45) is 0.239. The van der Waals surface area contributed by atoms with E-state index in [1.54, 1.807) is 18.2 Å². The first-order valence-corrected chi connectivity index (χ1v) is 5.48. The maximum Gasteiger partial charge on any atom is 0.309 e. The van der Waals surface area contributed by atoms with Gasteiger partial charge in [-0.05, 0) is 23.3 Å². The SMILES string of the molecule is COC(=O)Cc1ccc(C#N)cc1CBr. The number of esters is 1. The summed E-state index contributed by atoms with van der Waals surface area (Å²) in [4.78, 5) is 11.1. The number of hydrogen-bond donors (Lipinski definition) is 0. The molecule has 15 heavy (non-hydrogen) atoms. The number of nitrogens with zero attached hydrogens (tertiary/aromatic N) is 1. The zero-order valence-corrected chi connectivity index (χ0v) is 9.87. The van der Waals surface area contributed by atoms with E-state index in [4.69, 9.17) is 5.26 Å². The van der Waals surface area contributed by atoms with E-state index in [2.05, 4.69) is 26.7 Å². The molecule has 0 saturated heterocycles. The van der Waals surface area contributed by atoms with E-state index in [-0.39, 0.29) is 12.4 Å². The zero-order chi connectivity index (χ0) is 11.3. The molecule has 0 saturated carbocycles. The number of benzene rings is 1. The molecule has 4 heteroatoms. The van der Waals surface area contributed by atoms with Crippen molar-refractivity contribution in [2.24, 2.45) is 0 Å². The van der Waals surface area contributed by atoms with Crippen molar-refractivity contribution < 1.29 is 9.53 Å². The number of carbonyl (C=O) groups is 1. The van der Waals surface area contributed by atoms with Gasteiger partial charge in [0.15, 0.2) is 0 Å². The first-order chi connectivity index (χ1) is 7.21. The Balaban J connectivity index is 2.98. The number of alkyl halides is 1. The second kappa shape index (κ2) is 5.52. The Morgan fingerprint density at radius 1 is 1.53 bits per heavy atom. The normalized spacial score (nSPS) is 9.40. The summed E-state index contributed by atoms with van der Waals surface area (Å²) >= 11 is 3.32. The molecule has 0 spiro atoms. The number of rotatable bonds is 3. The Morgan fingerprint density at radius 3 is 2.80 bits per heavy atom. The van der Waals surface area contributed by atoms with E-state index >= 15 is 0 Å². The van der Waals surface area contributed by atoms with Crippen LogP contribution in [0, 0.1) is 11.3 Å². The van der Waals surface area contributed by atoms with Gasteiger partial charge >= 0.3 is 5.97 Å². The molecule has 1 aromatic carbocycles. The third kappa shape index (κ3) is 3.07. The Bertz CT molecular complexity index is 410. The van der Waals surface area contributed by atoms with Gasteiger partial charge in [0, 0.05) is 5.33 Å². The van der Waals surface area contributed by atoms with Gasteiger partial charge in [0.05, 0.1) is 25.2 Å². The largest absolute Gasteiger partial charge is 0.469 e. The molecule has 1 rings (SSSR count). The lowest BCUT2D eigenvalue weighted by molar-refractivity contribution is -0.139. The minimum atomic E-state index is -0.276. The molecule has 0 bridgehead atoms. The monoisotopic (exact) mass is 267 g/mol. The van der Waals surface area contributed by atoms with Gasteiger partial charge in [-0.15, -0.1) is 0 Å². The maximum absolute atomic E-state index is 11.1. The van der Waals surface area contributed by atoms with Crippen molar-refractivity contribution in [3.05, 3.63) is 34.9 Å². The van der Waals surface area contributed by atoms with E-state index in [0.29, 0.717) is 10.9 Å². The van der Waals surface area contributed by atoms with Crippen molar-refractivity contribution in [3.8, 4) is 6.07 Å². The molecule has 0 amide bonds. The van der Waals surface area contributed by atoms with Crippen LogP contribution in [0.5, 0.6) is 0 Å². The highest BCUT2D eigenvalue weighted by molar-refractivity contribution is 9.08. The summed E-state index contributed by atoms with van der Waals surface area (Å²) in [7, 11) is 1.36. The van der Waals surface area contributed by atoms with Crippen LogP contribution in [0.3, 0.4) is 0 Å². The fourth-order valence-electron chi connectivity index (χ4n) is 1.22. The number of halogens is 1. The average molecular weight is 268 g/mol. The van der Waals surface area contributed by atoms with Crippen molar-refractivity contribution in [3.63, 3.8) is 0 Å². The number of carbonyl (C=O) groups excluding carboxylic acids is 1. The number of hydrogen-bond acceptors (Lipinski definition) is 3. The summed E-state index contributed by atoms with van der Waals surface area (Å²) in [6.45, 7) is 0. The predicted molar refractivity (Wildman–Crippen MR) is 59.5 cm³/mol. The fourth-order valence-corrected chi connectivity index (χ4v) is 1.74. The van der Waals surface area contributed by atoms with Crippen LogP contribution in [-0.2, 0) is 21.3 Å². The molecular weight excluding hydrogens is 258 g/mol. The van der Waals surface area contributed by atoms with Crippen molar-refractivity contribution in [2.75, 3.05) is 7.11 Å². The molecule has 0 aromatic heterocycles. The summed E-state index contributed by atoms with van der Waals surface area (Å²) in [5.41, 5.74) is 2.43. The van der Waals surface area contributed by atoms with Gasteiger partial charge in [-0.2, -0.15) is 5.26 Å². The molecule has 0 N–H and O–H groups in total. The van der Waals surface area contributed by atoms with Gasteiger partial charge in [-0.3, -0.25) is 4.79 Å². The Labute approximate surface area is 96.8 Å². The number of nitriles is 1. The Hall–Kier alpha value is -1.34. The summed E-state index contributed by atoms with van der Waals surface area (Å²) < 4.78 is 4.59. The fraction of sp³-hybridized carbons (Fsp3) is 0.273. The molecule has 0 aliphatic heterocycles. The molecule has 0 atom stereocenters. The van der Waals surface area contributed by atoms with Crippen LogP contribution in [0.15, 0.2) is 18.2 Å². The van der Waals surface area contributed by atoms with Gasteiger partial charge in [-0.25, -0.2) is 0 Å². The molecule has 0 aliphatic carbocycles. The van der Waals surface area contributed by atoms with Crippen LogP contribution in [0.2, 0.25) is 0 Å². The van der Waals surface area contributed by atoms with E-state index in [9.17, 15) is 4.79 Å². The molecule has 0 heterocycles. The summed E-state index contributed by atoms with van der Waals surface area (Å²) in [5, 5.41) is 9.34. The second-order valence-corrected chi connectivity index (χ2v) is 3.54. The molecule has 1 aromatic rings. The molecule has 78 valence electrons. The lowest BCUT2D eigenvalue weighted by atomic mass is 10.0. The topological polar surface area (TPSA) is 50.1 Å². The second-order valence-electron chi connectivity index (χ2n) is 2.98. The lowest BCUT2D eigenvalue weighted by Gasteiger charge is -2.06. The van der Waals surface area contributed by atoms with E-state index in [1.807, 2.05) is 0 Å². The highest BCUT2D eigenvalue weighted by atomic mass is 79.9. The van der Waals surface area contributed by atoms with Gasteiger partial charge in [0.1, 0.15) is 0 Å². The number of ether oxygens (including phenoxy) is 1. The molecular formula is C11H10BrNO2. The standard InChI is InChI=1S/C11H10BrNO2/c1-15-11(14)5-9-3-2-8(7-13)4-10(9)6-12/h2-4H,5-6H2,1H3. The van der Waals surface area contributed by atoms with Crippen molar-refractivity contribution in [1.29, 1.82) is 5.26 Å². The average Bonchev–Trinajstić information content (AvgIpc) is 2.29. The first-order valence-electron chi connectivity index (χ1n) is 4.36. The molecule has 3 nitrogen and oxygen atoms in total. The van der Waals surface area contributed by atoms with Crippen LogP contribution in [-0.4, -0.2) is 13.1 Å². The van der Waals surface area contributed by atoms with E-state index in [1.165, 1.54) is 7.11 Å². The Morgan fingerprint density at radius 2 is 2.27 bits per heavy atom. The minimum absolute atomic E-state index is 0.239. The zero-order valence-electron chi connectivity index (χ0n) is 8.29. The van der Waals surface area contributed by atoms with Crippen LogP contribution in [0.1, 0.15) is 16.7 Å². The van der Waals surface area contributed by atoms with Gasteiger partial charge in [0.25, 0.3) is 0 Å². The van der Waals surface area contributed by atoms with E-state index < -0.39 is 0 Å². The van der Waals surface area contributed by atoms with Crippen molar-refractivity contribution >= 4 is 21.9 Å². The molecule has 0 fully saturated rings. The summed E-state index contributed by atoms with van der Waals surface area (Å²) in [5.74, 6) is -0.276. The third-order valence-corrected chi connectivity index (χ3v) is 2.65. The van der Waals surface area contributed by atoms with Crippen molar-refractivity contribution in [1.82, 2.24) is 0 Å². The van der Waals surface area contributed by atoms with Gasteiger partial charge < -0.3 is 4.74 Å². The van der Waals surface area contributed by atoms with Crippen LogP contribution in [0.25, 0.3) is 0 Å².